The van der Waals surface area contributed by atoms with Crippen LogP contribution in [0.1, 0.15) is 17.6 Å². The lowest BCUT2D eigenvalue weighted by atomic mass is 10.3. The van der Waals surface area contributed by atoms with Gasteiger partial charge in [0.2, 0.25) is 16.9 Å². The molecule has 0 fully saturated rings. The predicted molar refractivity (Wildman–Crippen MR) is 104 cm³/mol. The summed E-state index contributed by atoms with van der Waals surface area (Å²) >= 11 is 2.63. The molecule has 26 heavy (non-hydrogen) atoms. The molecule has 9 heteroatoms. The van der Waals surface area contributed by atoms with E-state index < -0.39 is 0 Å². The number of hydrogen-bond donors (Lipinski definition) is 1. The maximum absolute atomic E-state index is 12.0. The van der Waals surface area contributed by atoms with Crippen molar-refractivity contribution in [2.45, 2.75) is 13.8 Å². The number of para-hydroxylation sites is 1. The number of aryl methyl sites for hydroxylation is 1. The summed E-state index contributed by atoms with van der Waals surface area (Å²) in [4.78, 5) is 29.9. The first-order valence-corrected chi connectivity index (χ1v) is 9.33. The molecule has 0 saturated carbocycles. The van der Waals surface area contributed by atoms with Gasteiger partial charge in [-0.05, 0) is 25.1 Å². The van der Waals surface area contributed by atoms with E-state index in [9.17, 15) is 9.59 Å². The van der Waals surface area contributed by atoms with Gasteiger partial charge in [0.1, 0.15) is 5.01 Å². The molecular formula is C17H15N5O2S2. The zero-order valence-corrected chi connectivity index (χ0v) is 15.7. The molecule has 7 nitrogen and oxygen atoms in total. The smallest absolute Gasteiger partial charge is 0.250 e. The predicted octanol–water partition coefficient (Wildman–Crippen LogP) is 3.64. The summed E-state index contributed by atoms with van der Waals surface area (Å²) in [5.74, 6) is -0.451. The highest BCUT2D eigenvalue weighted by molar-refractivity contribution is 7.15. The summed E-state index contributed by atoms with van der Waals surface area (Å²) < 4.78 is 0. The Kier molecular flexibility index (Phi) is 5.49. The van der Waals surface area contributed by atoms with Crippen LogP contribution in [0, 0.1) is 6.92 Å². The number of benzene rings is 1. The standard InChI is InChI=1S/C17H15N5O2S2/c1-11-20-21-16(26-11)19-15(24)9-8-13-10-25-17(18-13)22(12(2)23)14-6-4-3-5-7-14/h3-10H,1-2H3,(H,19,21,24). The van der Waals surface area contributed by atoms with E-state index in [1.807, 2.05) is 37.3 Å². The van der Waals surface area contributed by atoms with Crippen LogP contribution in [0.2, 0.25) is 0 Å². The highest BCUT2D eigenvalue weighted by atomic mass is 32.1. The van der Waals surface area contributed by atoms with Crippen LogP contribution in [0.5, 0.6) is 0 Å². The summed E-state index contributed by atoms with van der Waals surface area (Å²) in [5.41, 5.74) is 1.34. The third-order valence-corrected chi connectivity index (χ3v) is 4.79. The number of nitrogens with one attached hydrogen (secondary N) is 1. The zero-order valence-electron chi connectivity index (χ0n) is 14.0. The van der Waals surface area contributed by atoms with E-state index in [0.717, 1.165) is 10.7 Å². The Morgan fingerprint density at radius 3 is 2.62 bits per heavy atom. The molecule has 1 N–H and O–H groups in total. The van der Waals surface area contributed by atoms with Crippen LogP contribution in [0.3, 0.4) is 0 Å². The molecule has 0 saturated heterocycles. The van der Waals surface area contributed by atoms with E-state index in [1.54, 1.807) is 11.5 Å². The number of aromatic nitrogens is 3. The summed E-state index contributed by atoms with van der Waals surface area (Å²) in [7, 11) is 0. The van der Waals surface area contributed by atoms with Gasteiger partial charge in [-0.1, -0.05) is 29.5 Å². The summed E-state index contributed by atoms with van der Waals surface area (Å²) in [5, 5.41) is 13.9. The minimum absolute atomic E-state index is 0.134. The molecule has 2 amide bonds. The average molecular weight is 385 g/mol. The Morgan fingerprint density at radius 1 is 1.19 bits per heavy atom. The van der Waals surface area contributed by atoms with Gasteiger partial charge in [0.25, 0.3) is 0 Å². The van der Waals surface area contributed by atoms with E-state index >= 15 is 0 Å². The van der Waals surface area contributed by atoms with Crippen LogP contribution in [0.25, 0.3) is 6.08 Å². The van der Waals surface area contributed by atoms with Gasteiger partial charge in [-0.15, -0.1) is 21.5 Å². The van der Waals surface area contributed by atoms with Gasteiger partial charge in [0.15, 0.2) is 5.13 Å². The van der Waals surface area contributed by atoms with Crippen LogP contribution >= 0.6 is 22.7 Å². The summed E-state index contributed by atoms with van der Waals surface area (Å²) in [6.07, 6.45) is 2.96. The molecule has 0 atom stereocenters. The quantitative estimate of drug-likeness (QED) is 0.678. The number of thiazole rings is 1. The van der Waals surface area contributed by atoms with Crippen molar-refractivity contribution in [2.75, 3.05) is 10.2 Å². The second-order valence-electron chi connectivity index (χ2n) is 5.19. The number of rotatable bonds is 5. The number of amides is 2. The maximum Gasteiger partial charge on any atom is 0.250 e. The molecule has 0 radical (unpaired) electrons. The summed E-state index contributed by atoms with van der Waals surface area (Å²) in [6.45, 7) is 3.30. The van der Waals surface area contributed by atoms with Crippen molar-refractivity contribution in [1.82, 2.24) is 15.2 Å². The van der Waals surface area contributed by atoms with Gasteiger partial charge >= 0.3 is 0 Å². The highest BCUT2D eigenvalue weighted by Gasteiger charge is 2.17. The molecule has 0 aliphatic carbocycles. The Morgan fingerprint density at radius 2 is 1.96 bits per heavy atom. The fourth-order valence-electron chi connectivity index (χ4n) is 2.11. The van der Waals surface area contributed by atoms with Crippen LogP contribution in [-0.2, 0) is 9.59 Å². The normalized spacial score (nSPS) is 10.8. The molecule has 3 aromatic rings. The van der Waals surface area contributed by atoms with Crippen molar-refractivity contribution in [2.24, 2.45) is 0 Å². The third kappa shape index (κ3) is 4.38. The van der Waals surface area contributed by atoms with E-state index in [0.29, 0.717) is 16.0 Å². The Labute approximate surface area is 158 Å². The van der Waals surface area contributed by atoms with Crippen molar-refractivity contribution in [3.63, 3.8) is 0 Å². The minimum atomic E-state index is -0.317. The second kappa shape index (κ2) is 7.98. The molecular weight excluding hydrogens is 370 g/mol. The first-order chi connectivity index (χ1) is 12.5. The molecule has 0 unspecified atom stereocenters. The number of carbonyl (C=O) groups excluding carboxylic acids is 2. The van der Waals surface area contributed by atoms with E-state index in [2.05, 4.69) is 20.5 Å². The SMILES string of the molecule is CC(=O)N(c1ccccc1)c1nc(C=CC(=O)Nc2nnc(C)s2)cs1. The number of carbonyl (C=O) groups is 2. The van der Waals surface area contributed by atoms with Crippen molar-refractivity contribution >= 4 is 56.5 Å². The molecule has 0 aliphatic heterocycles. The monoisotopic (exact) mass is 385 g/mol. The van der Waals surface area contributed by atoms with E-state index in [-0.39, 0.29) is 11.8 Å². The largest absolute Gasteiger partial charge is 0.297 e. The fraction of sp³-hybridized carbons (Fsp3) is 0.118. The number of hydrogen-bond acceptors (Lipinski definition) is 7. The Hall–Kier alpha value is -2.91. The van der Waals surface area contributed by atoms with Crippen molar-refractivity contribution < 1.29 is 9.59 Å². The Balaban J connectivity index is 1.72. The average Bonchev–Trinajstić information content (AvgIpc) is 3.23. The topological polar surface area (TPSA) is 88.1 Å². The van der Waals surface area contributed by atoms with Crippen molar-refractivity contribution in [3.8, 4) is 0 Å². The lowest BCUT2D eigenvalue weighted by molar-refractivity contribution is -0.116. The minimum Gasteiger partial charge on any atom is -0.297 e. The lowest BCUT2D eigenvalue weighted by Gasteiger charge is -2.17. The van der Waals surface area contributed by atoms with Gasteiger partial charge < -0.3 is 0 Å². The molecule has 2 heterocycles. The van der Waals surface area contributed by atoms with Gasteiger partial charge in [-0.3, -0.25) is 19.8 Å². The highest BCUT2D eigenvalue weighted by Crippen LogP contribution is 2.29. The third-order valence-electron chi connectivity index (χ3n) is 3.19. The first kappa shape index (κ1) is 17.9. The van der Waals surface area contributed by atoms with Crippen LogP contribution in [0.15, 0.2) is 41.8 Å². The second-order valence-corrected chi connectivity index (χ2v) is 7.21. The summed E-state index contributed by atoms with van der Waals surface area (Å²) in [6, 6.07) is 9.29. The maximum atomic E-state index is 12.0. The van der Waals surface area contributed by atoms with E-state index in [4.69, 9.17) is 0 Å². The molecule has 0 aliphatic rings. The van der Waals surface area contributed by atoms with Crippen molar-refractivity contribution in [3.05, 3.63) is 52.5 Å². The zero-order chi connectivity index (χ0) is 18.5. The fourth-order valence-corrected chi connectivity index (χ4v) is 3.56. The van der Waals surface area contributed by atoms with E-state index in [1.165, 1.54) is 40.6 Å². The molecule has 2 aromatic heterocycles. The van der Waals surface area contributed by atoms with Crippen LogP contribution in [0.4, 0.5) is 16.0 Å². The van der Waals surface area contributed by atoms with Gasteiger partial charge in [-0.25, -0.2) is 4.98 Å². The molecule has 0 spiro atoms. The molecule has 3 rings (SSSR count). The lowest BCUT2D eigenvalue weighted by Crippen LogP contribution is -2.22. The number of nitrogens with zero attached hydrogens (tertiary/aromatic N) is 4. The van der Waals surface area contributed by atoms with Crippen molar-refractivity contribution in [1.29, 1.82) is 0 Å². The molecule has 1 aromatic carbocycles. The van der Waals surface area contributed by atoms with Gasteiger partial charge in [0.05, 0.1) is 11.4 Å². The first-order valence-electron chi connectivity index (χ1n) is 7.63. The molecule has 0 bridgehead atoms. The van der Waals surface area contributed by atoms with Crippen LogP contribution < -0.4 is 10.2 Å². The van der Waals surface area contributed by atoms with Crippen LogP contribution in [-0.4, -0.2) is 27.0 Å². The molecule has 132 valence electrons. The Bertz CT molecular complexity index is 949. The number of anilines is 3. The van der Waals surface area contributed by atoms with Gasteiger partial charge in [0, 0.05) is 18.4 Å². The van der Waals surface area contributed by atoms with Gasteiger partial charge in [-0.2, -0.15) is 0 Å².